The second kappa shape index (κ2) is 10.1. The molecule has 7 rings (SSSR count). The van der Waals surface area contributed by atoms with Gasteiger partial charge in [0.25, 0.3) is 11.1 Å². The predicted octanol–water partition coefficient (Wildman–Crippen LogP) is 5.39. The van der Waals surface area contributed by atoms with Gasteiger partial charge in [-0.25, -0.2) is 14.5 Å². The molecule has 13 heteroatoms. The zero-order valence-corrected chi connectivity index (χ0v) is 23.9. The van der Waals surface area contributed by atoms with Crippen LogP contribution < -0.4 is 18.9 Å². The van der Waals surface area contributed by atoms with Crippen LogP contribution in [0.25, 0.3) is 38.0 Å². The zero-order valence-electron chi connectivity index (χ0n) is 22.2. The molecule has 0 bridgehead atoms. The summed E-state index contributed by atoms with van der Waals surface area (Å²) < 4.78 is 31.1. The molecule has 0 N–H and O–H groups in total. The van der Waals surface area contributed by atoms with Crippen LogP contribution in [0.5, 0.6) is 22.4 Å². The number of rotatable bonds is 7. The summed E-state index contributed by atoms with van der Waals surface area (Å²) in [4.78, 5) is 23.8. The van der Waals surface area contributed by atoms with Gasteiger partial charge in [-0.15, -0.1) is 16.4 Å². The molecule has 1 aliphatic heterocycles. The topological polar surface area (TPSA) is 113 Å². The van der Waals surface area contributed by atoms with Gasteiger partial charge >= 0.3 is 0 Å². The van der Waals surface area contributed by atoms with Crippen molar-refractivity contribution in [1.29, 1.82) is 0 Å². The molecule has 0 spiro atoms. The molecule has 6 aromatic rings. The average Bonchev–Trinajstić information content (AvgIpc) is 3.78. The number of aromatic nitrogens is 4. The van der Waals surface area contributed by atoms with Crippen LogP contribution in [0.2, 0.25) is 0 Å². The Morgan fingerprint density at radius 1 is 1.12 bits per heavy atom. The maximum atomic E-state index is 12.2. The number of carbonyl (C=O) groups excluding carboxylic acids is 1. The lowest BCUT2D eigenvalue weighted by atomic mass is 10.1. The Balaban J connectivity index is 1.16. The third-order valence-corrected chi connectivity index (χ3v) is 8.27. The number of carbonyl (C=O) groups is 1. The molecule has 0 atom stereocenters. The maximum Gasteiger partial charge on any atom is 0.294 e. The number of imidazole rings is 1. The number of hydrogen-bond donors (Lipinski definition) is 0. The monoisotopic (exact) mass is 589 g/mol. The number of fused-ring (bicyclic) bond motifs is 4. The van der Waals surface area contributed by atoms with Gasteiger partial charge in [-0.3, -0.25) is 4.79 Å². The molecule has 208 valence electrons. The number of benzene rings is 2. The third kappa shape index (κ3) is 4.62. The van der Waals surface area contributed by atoms with E-state index >= 15 is 0 Å². The highest BCUT2D eigenvalue weighted by molar-refractivity contribution is 7.18. The molecule has 0 saturated carbocycles. The van der Waals surface area contributed by atoms with Gasteiger partial charge in [0.2, 0.25) is 10.7 Å². The number of hydrogen-bond acceptors (Lipinski definition) is 11. The number of amides is 1. The normalized spacial score (nSPS) is 12.7. The third-order valence-electron chi connectivity index (χ3n) is 6.44. The lowest BCUT2D eigenvalue weighted by Gasteiger charge is -2.19. The SMILES string of the molecule is COc1nn2cc(-c3cc4c(OCc5csc(-c6ccc(C(=O)N(C)C)cc6)n5)cc5c(c4o3)OCCO5)nc2s1. The molecule has 0 saturated heterocycles. The van der Waals surface area contributed by atoms with Crippen LogP contribution in [0.15, 0.2) is 52.4 Å². The summed E-state index contributed by atoms with van der Waals surface area (Å²) in [5.74, 6) is 2.20. The van der Waals surface area contributed by atoms with Crippen LogP contribution in [0.4, 0.5) is 0 Å². The van der Waals surface area contributed by atoms with Gasteiger partial charge in [0.1, 0.15) is 36.3 Å². The van der Waals surface area contributed by atoms with Gasteiger partial charge in [-0.2, -0.15) is 0 Å². The van der Waals surface area contributed by atoms with Gasteiger partial charge in [0, 0.05) is 36.7 Å². The molecule has 11 nitrogen and oxygen atoms in total. The minimum Gasteiger partial charge on any atom is -0.486 e. The molecule has 2 aromatic carbocycles. The lowest BCUT2D eigenvalue weighted by molar-refractivity contribution is 0.0827. The van der Waals surface area contributed by atoms with E-state index in [-0.39, 0.29) is 12.5 Å². The fraction of sp³-hybridized carbons (Fsp3) is 0.214. The Labute approximate surface area is 241 Å². The number of nitrogens with zero attached hydrogens (tertiary/aromatic N) is 5. The molecule has 41 heavy (non-hydrogen) atoms. The number of thiazole rings is 1. The Hall–Kier alpha value is -4.62. The van der Waals surface area contributed by atoms with Crippen LogP contribution in [-0.4, -0.2) is 64.8 Å². The largest absolute Gasteiger partial charge is 0.486 e. The molecule has 1 aliphatic rings. The summed E-state index contributed by atoms with van der Waals surface area (Å²) in [5, 5.41) is 8.41. The van der Waals surface area contributed by atoms with E-state index in [2.05, 4.69) is 10.1 Å². The fourth-order valence-electron chi connectivity index (χ4n) is 4.46. The first-order valence-corrected chi connectivity index (χ1v) is 14.3. The molecule has 5 heterocycles. The second-order valence-electron chi connectivity index (χ2n) is 9.39. The smallest absolute Gasteiger partial charge is 0.294 e. The molecule has 4 aromatic heterocycles. The highest BCUT2D eigenvalue weighted by atomic mass is 32.1. The molecular weight excluding hydrogens is 566 g/mol. The van der Waals surface area contributed by atoms with Crippen molar-refractivity contribution >= 4 is 44.5 Å². The fourth-order valence-corrected chi connectivity index (χ4v) is 5.97. The molecular formula is C28H23N5O6S2. The number of methoxy groups -OCH3 is 1. The average molecular weight is 590 g/mol. The van der Waals surface area contributed by atoms with Crippen LogP contribution in [0.3, 0.4) is 0 Å². The van der Waals surface area contributed by atoms with Crippen LogP contribution >= 0.6 is 22.7 Å². The van der Waals surface area contributed by atoms with Gasteiger partial charge in [-0.1, -0.05) is 12.1 Å². The lowest BCUT2D eigenvalue weighted by Crippen LogP contribution is -2.21. The minimum atomic E-state index is -0.0393. The Morgan fingerprint density at radius 2 is 1.95 bits per heavy atom. The van der Waals surface area contributed by atoms with Crippen LogP contribution in [-0.2, 0) is 6.61 Å². The Morgan fingerprint density at radius 3 is 2.73 bits per heavy atom. The van der Waals surface area contributed by atoms with E-state index < -0.39 is 0 Å². The van der Waals surface area contributed by atoms with Crippen molar-refractivity contribution in [3.63, 3.8) is 0 Å². The van der Waals surface area contributed by atoms with Gasteiger partial charge < -0.3 is 28.3 Å². The molecule has 1 amide bonds. The maximum absolute atomic E-state index is 12.2. The van der Waals surface area contributed by atoms with Crippen molar-refractivity contribution in [3.05, 3.63) is 59.2 Å². The Kier molecular flexibility index (Phi) is 6.24. The van der Waals surface area contributed by atoms with Gasteiger partial charge in [0.15, 0.2) is 17.1 Å². The summed E-state index contributed by atoms with van der Waals surface area (Å²) in [5.41, 5.74) is 3.50. The van der Waals surface area contributed by atoms with Gasteiger partial charge in [-0.05, 0) is 29.5 Å². The van der Waals surface area contributed by atoms with E-state index in [9.17, 15) is 4.79 Å². The number of furan rings is 1. The highest BCUT2D eigenvalue weighted by Gasteiger charge is 2.25. The Bertz CT molecular complexity index is 1870. The summed E-state index contributed by atoms with van der Waals surface area (Å²) in [6.45, 7) is 1.10. The van der Waals surface area contributed by atoms with E-state index in [0.29, 0.717) is 63.2 Å². The first-order chi connectivity index (χ1) is 20.0. The quantitative estimate of drug-likeness (QED) is 0.242. The van der Waals surface area contributed by atoms with Crippen molar-refractivity contribution < 1.29 is 28.2 Å². The van der Waals surface area contributed by atoms with Crippen molar-refractivity contribution in [3.8, 4) is 44.5 Å². The molecule has 0 unspecified atom stereocenters. The first kappa shape index (κ1) is 25.4. The second-order valence-corrected chi connectivity index (χ2v) is 11.2. The number of ether oxygens (including phenoxy) is 4. The van der Waals surface area contributed by atoms with E-state index in [1.54, 1.807) is 36.8 Å². The van der Waals surface area contributed by atoms with Crippen LogP contribution in [0, 0.1) is 0 Å². The van der Waals surface area contributed by atoms with Crippen molar-refractivity contribution in [2.24, 2.45) is 0 Å². The standard InChI is InChI=1S/C28H23N5O6S2/c1-32(2)26(34)16-6-4-15(5-7-16)25-29-17(14-40-25)13-38-20-11-22-24(37-9-8-36-22)23-18(20)10-21(39-23)19-12-33-27(30-19)41-28(31-33)35-3/h4-7,10-12,14H,8-9,13H2,1-3H3. The summed E-state index contributed by atoms with van der Waals surface area (Å²) in [7, 11) is 5.04. The van der Waals surface area contributed by atoms with E-state index in [1.807, 2.05) is 41.8 Å². The molecule has 0 aliphatic carbocycles. The van der Waals surface area contributed by atoms with Gasteiger partial charge in [0.05, 0.1) is 24.4 Å². The van der Waals surface area contributed by atoms with E-state index in [0.717, 1.165) is 21.7 Å². The molecule has 0 radical (unpaired) electrons. The van der Waals surface area contributed by atoms with E-state index in [1.165, 1.54) is 22.7 Å². The zero-order chi connectivity index (χ0) is 28.1. The summed E-state index contributed by atoms with van der Waals surface area (Å²) in [6, 6.07) is 11.1. The summed E-state index contributed by atoms with van der Waals surface area (Å²) in [6.07, 6.45) is 1.79. The van der Waals surface area contributed by atoms with Crippen molar-refractivity contribution in [2.45, 2.75) is 6.61 Å². The highest BCUT2D eigenvalue weighted by Crippen LogP contribution is 2.46. The molecule has 0 fully saturated rings. The van der Waals surface area contributed by atoms with E-state index in [4.69, 9.17) is 28.3 Å². The minimum absolute atomic E-state index is 0.0393. The van der Waals surface area contributed by atoms with Crippen molar-refractivity contribution in [1.82, 2.24) is 24.5 Å². The van der Waals surface area contributed by atoms with Crippen molar-refractivity contribution in [2.75, 3.05) is 34.4 Å². The first-order valence-electron chi connectivity index (χ1n) is 12.6. The van der Waals surface area contributed by atoms with Crippen LogP contribution in [0.1, 0.15) is 16.1 Å². The predicted molar refractivity (Wildman–Crippen MR) is 154 cm³/mol. The summed E-state index contributed by atoms with van der Waals surface area (Å²) >= 11 is 2.86.